The summed E-state index contributed by atoms with van der Waals surface area (Å²) in [6.07, 6.45) is -3.66. The Kier molecular flexibility index (Phi) is 6.55. The molecule has 0 aliphatic carbocycles. The number of aromatic nitrogens is 2. The summed E-state index contributed by atoms with van der Waals surface area (Å²) in [5, 5.41) is 10.5. The number of nitrogen functional groups attached to an aromatic ring is 1. The van der Waals surface area contributed by atoms with Crippen molar-refractivity contribution in [3.63, 3.8) is 0 Å². The summed E-state index contributed by atoms with van der Waals surface area (Å²) in [6, 6.07) is 0. The summed E-state index contributed by atoms with van der Waals surface area (Å²) in [7, 11) is 0. The van der Waals surface area contributed by atoms with Crippen molar-refractivity contribution in [3.05, 3.63) is 11.6 Å². The number of rotatable bonds is 6. The molecule has 13 heteroatoms. The second-order valence-electron chi connectivity index (χ2n) is 6.77. The lowest BCUT2D eigenvalue weighted by Crippen LogP contribution is -2.46. The number of aromatic hydroxyl groups is 1. The zero-order chi connectivity index (χ0) is 22.9. The smallest absolute Gasteiger partial charge is 0.303 e. The van der Waals surface area contributed by atoms with Gasteiger partial charge in [-0.3, -0.25) is 19.3 Å². The number of carbonyl (C=O) groups is 3. The molecule has 31 heavy (non-hydrogen) atoms. The molecule has 0 aromatic carbocycles. The van der Waals surface area contributed by atoms with Crippen LogP contribution in [0.2, 0.25) is 0 Å². The molecule has 3 rings (SSSR count). The first-order valence-electron chi connectivity index (χ1n) is 9.24. The standard InChI is InChI=1S/C18H22N4O8S/c1-7-22(15-14(31-7)16(26)21-18(19)20-15)17-13(29-10(4)25)12(28-9(3)24)11(30-17)5-6-27-8(2)23/h11-13,17H,1,5-6H2,2-4H3,(H3,19,20,21,26)/t11-,12-,13-,17-/m1/s1. The Bertz CT molecular complexity index is 926. The van der Waals surface area contributed by atoms with E-state index in [0.29, 0.717) is 9.92 Å². The third-order valence-corrected chi connectivity index (χ3v) is 5.42. The van der Waals surface area contributed by atoms with E-state index in [1.165, 1.54) is 25.7 Å². The number of esters is 3. The molecule has 3 N–H and O–H groups in total. The quantitative estimate of drug-likeness (QED) is 0.456. The molecule has 0 amide bonds. The fraction of sp³-hybridized carbons (Fsp3) is 0.500. The van der Waals surface area contributed by atoms with Crippen molar-refractivity contribution >= 4 is 41.4 Å². The molecule has 2 aliphatic rings. The molecule has 0 radical (unpaired) electrons. The second kappa shape index (κ2) is 8.98. The molecule has 3 heterocycles. The number of ether oxygens (including phenoxy) is 4. The van der Waals surface area contributed by atoms with Crippen LogP contribution in [0.4, 0.5) is 11.8 Å². The van der Waals surface area contributed by atoms with Gasteiger partial charge in [0.1, 0.15) is 11.0 Å². The van der Waals surface area contributed by atoms with Crippen LogP contribution in [-0.4, -0.2) is 64.1 Å². The van der Waals surface area contributed by atoms with Crippen LogP contribution in [0.25, 0.3) is 0 Å². The minimum atomic E-state index is -1.06. The number of hydrogen-bond donors (Lipinski definition) is 2. The van der Waals surface area contributed by atoms with E-state index in [2.05, 4.69) is 16.5 Å². The number of thioether (sulfide) groups is 1. The van der Waals surface area contributed by atoms with E-state index in [1.54, 1.807) is 0 Å². The van der Waals surface area contributed by atoms with Gasteiger partial charge >= 0.3 is 17.9 Å². The molecular formula is C18H22N4O8S. The lowest BCUT2D eigenvalue weighted by molar-refractivity contribution is -0.164. The number of nitrogens with two attached hydrogens (primary N) is 1. The zero-order valence-corrected chi connectivity index (χ0v) is 17.9. The van der Waals surface area contributed by atoms with Gasteiger partial charge in [-0.15, -0.1) is 0 Å². The Morgan fingerprint density at radius 3 is 2.42 bits per heavy atom. The molecule has 0 saturated carbocycles. The summed E-state index contributed by atoms with van der Waals surface area (Å²) in [5.74, 6) is -2.01. The summed E-state index contributed by atoms with van der Waals surface area (Å²) in [4.78, 5) is 44.3. The molecule has 1 aromatic heterocycles. The molecule has 1 aromatic rings. The van der Waals surface area contributed by atoms with Crippen molar-refractivity contribution in [2.45, 2.75) is 56.6 Å². The minimum absolute atomic E-state index is 0.000530. The average molecular weight is 454 g/mol. The number of hydrogen-bond acceptors (Lipinski definition) is 13. The van der Waals surface area contributed by atoms with E-state index < -0.39 is 42.4 Å². The van der Waals surface area contributed by atoms with Gasteiger partial charge in [0.05, 0.1) is 11.6 Å². The molecule has 4 atom stereocenters. The van der Waals surface area contributed by atoms with Gasteiger partial charge in [0.2, 0.25) is 11.8 Å². The lowest BCUT2D eigenvalue weighted by Gasteiger charge is -2.30. The first-order valence-corrected chi connectivity index (χ1v) is 10.1. The van der Waals surface area contributed by atoms with Crippen molar-refractivity contribution in [1.29, 1.82) is 0 Å². The second-order valence-corrected chi connectivity index (χ2v) is 7.85. The van der Waals surface area contributed by atoms with Crippen molar-refractivity contribution in [1.82, 2.24) is 9.97 Å². The van der Waals surface area contributed by atoms with E-state index in [4.69, 9.17) is 24.7 Å². The van der Waals surface area contributed by atoms with Crippen LogP contribution in [0.5, 0.6) is 5.88 Å². The summed E-state index contributed by atoms with van der Waals surface area (Å²) < 4.78 is 21.9. The summed E-state index contributed by atoms with van der Waals surface area (Å²) in [6.45, 7) is 7.64. The number of fused-ring (bicyclic) bond motifs is 1. The maximum atomic E-state index is 11.8. The topological polar surface area (TPSA) is 163 Å². The van der Waals surface area contributed by atoms with Gasteiger partial charge in [-0.1, -0.05) is 18.3 Å². The molecular weight excluding hydrogens is 432 g/mol. The predicted molar refractivity (Wildman–Crippen MR) is 107 cm³/mol. The highest BCUT2D eigenvalue weighted by molar-refractivity contribution is 8.03. The van der Waals surface area contributed by atoms with Crippen molar-refractivity contribution < 1.29 is 38.4 Å². The Balaban J connectivity index is 1.97. The zero-order valence-electron chi connectivity index (χ0n) is 17.1. The molecule has 1 fully saturated rings. The third-order valence-electron chi connectivity index (χ3n) is 4.42. The van der Waals surface area contributed by atoms with Crippen LogP contribution in [-0.2, 0) is 33.3 Å². The Morgan fingerprint density at radius 1 is 1.16 bits per heavy atom. The largest absolute Gasteiger partial charge is 0.492 e. The van der Waals surface area contributed by atoms with E-state index in [-0.39, 0.29) is 30.7 Å². The maximum absolute atomic E-state index is 11.8. The normalized spacial score (nSPS) is 24.6. The van der Waals surface area contributed by atoms with Gasteiger partial charge in [0, 0.05) is 27.2 Å². The molecule has 1 saturated heterocycles. The molecule has 168 valence electrons. The van der Waals surface area contributed by atoms with Crippen molar-refractivity contribution in [3.8, 4) is 5.88 Å². The van der Waals surface area contributed by atoms with Crippen LogP contribution in [0.1, 0.15) is 27.2 Å². The first-order chi connectivity index (χ1) is 14.6. The molecule has 0 bridgehead atoms. The Hall–Kier alpha value is -3.06. The highest BCUT2D eigenvalue weighted by Gasteiger charge is 2.53. The Morgan fingerprint density at radius 2 is 1.81 bits per heavy atom. The monoisotopic (exact) mass is 454 g/mol. The fourth-order valence-corrected chi connectivity index (χ4v) is 4.26. The Labute approximate surface area is 181 Å². The van der Waals surface area contributed by atoms with Crippen LogP contribution in [0.3, 0.4) is 0 Å². The van der Waals surface area contributed by atoms with Crippen molar-refractivity contribution in [2.75, 3.05) is 17.2 Å². The van der Waals surface area contributed by atoms with Crippen LogP contribution in [0.15, 0.2) is 16.5 Å². The number of anilines is 2. The first kappa shape index (κ1) is 22.6. The highest BCUT2D eigenvalue weighted by atomic mass is 32.2. The fourth-order valence-electron chi connectivity index (χ4n) is 3.36. The molecule has 2 aliphatic heterocycles. The highest BCUT2D eigenvalue weighted by Crippen LogP contribution is 2.51. The molecule has 0 spiro atoms. The number of carbonyl (C=O) groups excluding carboxylic acids is 3. The summed E-state index contributed by atoms with van der Waals surface area (Å²) >= 11 is 1.08. The van der Waals surface area contributed by atoms with E-state index >= 15 is 0 Å². The number of nitrogens with zero attached hydrogens (tertiary/aromatic N) is 3. The van der Waals surface area contributed by atoms with E-state index in [1.807, 2.05) is 0 Å². The minimum Gasteiger partial charge on any atom is -0.492 e. The van der Waals surface area contributed by atoms with Crippen molar-refractivity contribution in [2.24, 2.45) is 0 Å². The predicted octanol–water partition coefficient (Wildman–Crippen LogP) is 0.689. The van der Waals surface area contributed by atoms with E-state index in [9.17, 15) is 19.5 Å². The van der Waals surface area contributed by atoms with E-state index in [0.717, 1.165) is 11.8 Å². The molecule has 12 nitrogen and oxygen atoms in total. The van der Waals surface area contributed by atoms with Crippen LogP contribution in [0, 0.1) is 0 Å². The van der Waals surface area contributed by atoms with Gasteiger partial charge in [0.25, 0.3) is 0 Å². The third kappa shape index (κ3) is 4.82. The van der Waals surface area contributed by atoms with Gasteiger partial charge < -0.3 is 29.8 Å². The van der Waals surface area contributed by atoms with Gasteiger partial charge in [0.15, 0.2) is 24.3 Å². The maximum Gasteiger partial charge on any atom is 0.303 e. The summed E-state index contributed by atoms with van der Waals surface area (Å²) in [5.41, 5.74) is 5.68. The van der Waals surface area contributed by atoms with Crippen LogP contribution >= 0.6 is 11.8 Å². The van der Waals surface area contributed by atoms with Gasteiger partial charge in [-0.05, 0) is 0 Å². The molecule has 0 unspecified atom stereocenters. The van der Waals surface area contributed by atoms with Gasteiger partial charge in [-0.2, -0.15) is 9.97 Å². The van der Waals surface area contributed by atoms with Gasteiger partial charge in [-0.25, -0.2) is 0 Å². The lowest BCUT2D eigenvalue weighted by atomic mass is 10.1. The SMILES string of the molecule is C=C1Sc2c(O)nc(N)nc2N1[C@@H]1O[C@H](CCOC(C)=O)[C@@H](OC(C)=O)[C@H]1OC(C)=O. The average Bonchev–Trinajstić information content (AvgIpc) is 3.12. The van der Waals surface area contributed by atoms with Crippen LogP contribution < -0.4 is 10.6 Å².